The van der Waals surface area contributed by atoms with E-state index in [9.17, 15) is 4.79 Å². The van der Waals surface area contributed by atoms with Crippen molar-refractivity contribution in [2.24, 2.45) is 11.3 Å². The lowest BCUT2D eigenvalue weighted by Gasteiger charge is -2.29. The van der Waals surface area contributed by atoms with Gasteiger partial charge in [0.15, 0.2) is 0 Å². The zero-order chi connectivity index (χ0) is 15.6. The van der Waals surface area contributed by atoms with Crippen molar-refractivity contribution in [1.82, 2.24) is 4.90 Å². The van der Waals surface area contributed by atoms with E-state index in [1.165, 1.54) is 19.3 Å². The molecule has 0 radical (unpaired) electrons. The summed E-state index contributed by atoms with van der Waals surface area (Å²) < 4.78 is 5.30. The minimum atomic E-state index is -0.993. The first-order chi connectivity index (χ1) is 9.77. The number of nitrogens with zero attached hydrogens (tertiary/aromatic N) is 1. The number of rotatable bonds is 3. The van der Waals surface area contributed by atoms with Gasteiger partial charge in [0.2, 0.25) is 5.76 Å². The highest BCUT2D eigenvalue weighted by Gasteiger charge is 2.27. The van der Waals surface area contributed by atoms with Gasteiger partial charge in [0.05, 0.1) is 0 Å². The number of likely N-dealkylation sites (tertiary alicyclic amines) is 1. The third-order valence-electron chi connectivity index (χ3n) is 4.67. The fraction of sp³-hybridized carbons (Fsp3) is 0.706. The number of hydrogen-bond donors (Lipinski definition) is 1. The van der Waals surface area contributed by atoms with Crippen molar-refractivity contribution in [2.75, 3.05) is 13.1 Å². The van der Waals surface area contributed by atoms with Crippen molar-refractivity contribution in [2.45, 2.75) is 53.5 Å². The molecule has 1 aliphatic heterocycles. The molecule has 1 unspecified atom stereocenters. The summed E-state index contributed by atoms with van der Waals surface area (Å²) in [5.74, 6) is 0.546. The lowest BCUT2D eigenvalue weighted by atomic mass is 9.77. The molecule has 1 N–H and O–H groups in total. The van der Waals surface area contributed by atoms with E-state index in [4.69, 9.17) is 9.52 Å². The Morgan fingerprint density at radius 2 is 2.10 bits per heavy atom. The van der Waals surface area contributed by atoms with E-state index in [0.717, 1.165) is 36.9 Å². The lowest BCUT2D eigenvalue weighted by molar-refractivity contribution is 0.0661. The Morgan fingerprint density at radius 1 is 1.38 bits per heavy atom. The van der Waals surface area contributed by atoms with Crippen LogP contribution < -0.4 is 0 Å². The van der Waals surface area contributed by atoms with Crippen LogP contribution >= 0.6 is 0 Å². The molecule has 0 aliphatic carbocycles. The first-order valence-corrected chi connectivity index (χ1v) is 7.82. The Morgan fingerprint density at radius 3 is 2.67 bits per heavy atom. The fourth-order valence-corrected chi connectivity index (χ4v) is 3.20. The van der Waals surface area contributed by atoms with Gasteiger partial charge in [0, 0.05) is 12.1 Å². The van der Waals surface area contributed by atoms with E-state index in [0.29, 0.717) is 5.41 Å². The topological polar surface area (TPSA) is 53.7 Å². The standard InChI is InChI=1S/C17H27NO3/c1-12-13(10-15(21-12)16(19)20)11-18-8-5-6-14(7-9-18)17(2,3)4/h10,14H,5-9,11H2,1-4H3,(H,19,20). The smallest absolute Gasteiger partial charge is 0.371 e. The molecule has 0 amide bonds. The van der Waals surface area contributed by atoms with Crippen LogP contribution in [0, 0.1) is 18.3 Å². The van der Waals surface area contributed by atoms with Crippen LogP contribution in [0.25, 0.3) is 0 Å². The van der Waals surface area contributed by atoms with Crippen LogP contribution in [0.2, 0.25) is 0 Å². The van der Waals surface area contributed by atoms with Crippen LogP contribution in [0.3, 0.4) is 0 Å². The summed E-state index contributed by atoms with van der Waals surface area (Å²) in [6.45, 7) is 11.8. The highest BCUT2D eigenvalue weighted by molar-refractivity contribution is 5.84. The van der Waals surface area contributed by atoms with Gasteiger partial charge in [-0.3, -0.25) is 4.90 Å². The lowest BCUT2D eigenvalue weighted by Crippen LogP contribution is -2.26. The van der Waals surface area contributed by atoms with Gasteiger partial charge in [-0.05, 0) is 56.7 Å². The van der Waals surface area contributed by atoms with Crippen LogP contribution in [0.4, 0.5) is 0 Å². The Labute approximate surface area is 127 Å². The van der Waals surface area contributed by atoms with Gasteiger partial charge in [-0.1, -0.05) is 20.8 Å². The minimum absolute atomic E-state index is 0.0462. The quantitative estimate of drug-likeness (QED) is 0.917. The average molecular weight is 293 g/mol. The summed E-state index contributed by atoms with van der Waals surface area (Å²) in [6.07, 6.45) is 3.71. The highest BCUT2D eigenvalue weighted by Crippen LogP contribution is 2.34. The van der Waals surface area contributed by atoms with Crippen LogP contribution in [-0.4, -0.2) is 29.1 Å². The molecule has 0 saturated carbocycles. The molecule has 1 fully saturated rings. The Balaban J connectivity index is 1.99. The number of carbonyl (C=O) groups is 1. The Hall–Kier alpha value is -1.29. The Bertz CT molecular complexity index is 499. The summed E-state index contributed by atoms with van der Waals surface area (Å²) in [5.41, 5.74) is 1.37. The molecular formula is C17H27NO3. The van der Waals surface area contributed by atoms with Crippen molar-refractivity contribution in [3.05, 3.63) is 23.2 Å². The number of hydrogen-bond acceptors (Lipinski definition) is 3. The van der Waals surface area contributed by atoms with Gasteiger partial charge in [-0.15, -0.1) is 0 Å². The second-order valence-corrected chi connectivity index (χ2v) is 7.27. The molecule has 1 aromatic heterocycles. The van der Waals surface area contributed by atoms with E-state index in [1.807, 2.05) is 6.92 Å². The van der Waals surface area contributed by atoms with Gasteiger partial charge in [-0.2, -0.15) is 0 Å². The second kappa shape index (κ2) is 6.22. The van der Waals surface area contributed by atoms with Gasteiger partial charge in [-0.25, -0.2) is 4.79 Å². The van der Waals surface area contributed by atoms with E-state index >= 15 is 0 Å². The molecule has 118 valence electrons. The molecule has 1 saturated heterocycles. The van der Waals surface area contributed by atoms with Gasteiger partial charge < -0.3 is 9.52 Å². The van der Waals surface area contributed by atoms with Crippen LogP contribution in [-0.2, 0) is 6.54 Å². The first-order valence-electron chi connectivity index (χ1n) is 7.82. The third kappa shape index (κ3) is 4.10. The first kappa shape index (κ1) is 16.1. The van der Waals surface area contributed by atoms with Crippen molar-refractivity contribution in [3.63, 3.8) is 0 Å². The molecule has 2 rings (SSSR count). The van der Waals surface area contributed by atoms with Crippen LogP contribution in [0.15, 0.2) is 10.5 Å². The maximum atomic E-state index is 11.0. The zero-order valence-corrected chi connectivity index (χ0v) is 13.6. The van der Waals surface area contributed by atoms with E-state index < -0.39 is 5.97 Å². The summed E-state index contributed by atoms with van der Waals surface area (Å²) in [6, 6.07) is 1.67. The average Bonchev–Trinajstić information content (AvgIpc) is 2.60. The normalized spacial score (nSPS) is 21.2. The molecular weight excluding hydrogens is 266 g/mol. The zero-order valence-electron chi connectivity index (χ0n) is 13.6. The van der Waals surface area contributed by atoms with Gasteiger partial charge in [0.25, 0.3) is 0 Å². The predicted molar refractivity (Wildman–Crippen MR) is 82.5 cm³/mol. The minimum Gasteiger partial charge on any atom is -0.475 e. The molecule has 0 aromatic carbocycles. The number of carboxylic acids is 1. The number of aromatic carboxylic acids is 1. The van der Waals surface area contributed by atoms with Crippen molar-refractivity contribution in [3.8, 4) is 0 Å². The maximum Gasteiger partial charge on any atom is 0.371 e. The second-order valence-electron chi connectivity index (χ2n) is 7.27. The van der Waals surface area contributed by atoms with E-state index in [1.54, 1.807) is 6.07 Å². The third-order valence-corrected chi connectivity index (χ3v) is 4.67. The van der Waals surface area contributed by atoms with Crippen LogP contribution in [0.1, 0.15) is 61.9 Å². The van der Waals surface area contributed by atoms with Gasteiger partial charge >= 0.3 is 5.97 Å². The summed E-state index contributed by atoms with van der Waals surface area (Å²) in [7, 11) is 0. The fourth-order valence-electron chi connectivity index (χ4n) is 3.20. The molecule has 4 nitrogen and oxygen atoms in total. The van der Waals surface area contributed by atoms with Crippen molar-refractivity contribution in [1.29, 1.82) is 0 Å². The molecule has 0 bridgehead atoms. The van der Waals surface area contributed by atoms with Crippen molar-refractivity contribution >= 4 is 5.97 Å². The molecule has 21 heavy (non-hydrogen) atoms. The van der Waals surface area contributed by atoms with E-state index in [2.05, 4.69) is 25.7 Å². The summed E-state index contributed by atoms with van der Waals surface area (Å²) in [5, 5.41) is 8.99. The molecule has 1 atom stereocenters. The monoisotopic (exact) mass is 293 g/mol. The largest absolute Gasteiger partial charge is 0.475 e. The highest BCUT2D eigenvalue weighted by atomic mass is 16.4. The SMILES string of the molecule is Cc1oc(C(=O)O)cc1CN1CCCC(C(C)(C)C)CC1. The van der Waals surface area contributed by atoms with Crippen molar-refractivity contribution < 1.29 is 14.3 Å². The number of furan rings is 1. The molecule has 1 aliphatic rings. The number of carboxylic acid groups (broad SMARTS) is 1. The molecule has 0 spiro atoms. The van der Waals surface area contributed by atoms with Crippen LogP contribution in [0.5, 0.6) is 0 Å². The summed E-state index contributed by atoms with van der Waals surface area (Å²) >= 11 is 0. The number of aryl methyl sites for hydroxylation is 1. The summed E-state index contributed by atoms with van der Waals surface area (Å²) in [4.78, 5) is 13.4. The predicted octanol–water partition coefficient (Wildman–Crippen LogP) is 3.93. The maximum absolute atomic E-state index is 11.0. The Kier molecular flexibility index (Phi) is 4.77. The molecule has 1 aromatic rings. The van der Waals surface area contributed by atoms with Gasteiger partial charge in [0.1, 0.15) is 5.76 Å². The molecule has 4 heteroatoms. The van der Waals surface area contributed by atoms with E-state index in [-0.39, 0.29) is 5.76 Å². The molecule has 2 heterocycles.